The van der Waals surface area contributed by atoms with Gasteiger partial charge in [-0.2, -0.15) is 0 Å². The van der Waals surface area contributed by atoms with Crippen molar-refractivity contribution < 1.29 is 14.1 Å². The standard InChI is InChI=1S/C29H44BNO3/c1-3-5-22-30-33-27-23-28(34-30)26(20-14-9-12-18-24-16-10-8-11-17-24)25(27)19-13-6-7-15-21-29(32)31-4-2/h6,8,10-11,13-14,16-17,20,25-28H,3-5,7,9,12,15,18-19,21-23H2,1-2H3,(H,31,32)/b13-6-,20-14+/t25-,26-,27+,28?/m1/s1. The van der Waals surface area contributed by atoms with Crippen LogP contribution >= 0.6 is 0 Å². The lowest BCUT2D eigenvalue weighted by Crippen LogP contribution is -2.37. The van der Waals surface area contributed by atoms with E-state index in [0.717, 1.165) is 51.3 Å². The first-order valence-corrected chi connectivity index (χ1v) is 13.6. The average Bonchev–Trinajstić information content (AvgIpc) is 3.09. The molecule has 0 aromatic heterocycles. The molecule has 1 aliphatic carbocycles. The molecule has 0 spiro atoms. The van der Waals surface area contributed by atoms with Crippen molar-refractivity contribution in [3.63, 3.8) is 0 Å². The lowest BCUT2D eigenvalue weighted by Gasteiger charge is -2.27. The van der Waals surface area contributed by atoms with Gasteiger partial charge < -0.3 is 14.6 Å². The molecule has 1 heterocycles. The maximum Gasteiger partial charge on any atom is 0.457 e. The molecule has 0 radical (unpaired) electrons. The molecule has 2 bridgehead atoms. The van der Waals surface area contributed by atoms with Crippen molar-refractivity contribution in [1.82, 2.24) is 5.32 Å². The zero-order valence-corrected chi connectivity index (χ0v) is 21.3. The summed E-state index contributed by atoms with van der Waals surface area (Å²) in [5.74, 6) is 1.05. The molecule has 1 N–H and O–H groups in total. The van der Waals surface area contributed by atoms with Gasteiger partial charge >= 0.3 is 7.12 Å². The molecular formula is C29H44BNO3. The molecule has 1 aromatic rings. The van der Waals surface area contributed by atoms with Crippen LogP contribution in [0.2, 0.25) is 6.32 Å². The second-order valence-electron chi connectivity index (χ2n) is 9.76. The number of carbonyl (C=O) groups excluding carboxylic acids is 1. The Morgan fingerprint density at radius 1 is 1.03 bits per heavy atom. The molecule has 5 heteroatoms. The van der Waals surface area contributed by atoms with Crippen molar-refractivity contribution in [1.29, 1.82) is 0 Å². The summed E-state index contributed by atoms with van der Waals surface area (Å²) in [5, 5.41) is 2.87. The second-order valence-corrected chi connectivity index (χ2v) is 9.76. The van der Waals surface area contributed by atoms with E-state index in [0.29, 0.717) is 30.9 Å². The monoisotopic (exact) mass is 465 g/mol. The zero-order chi connectivity index (χ0) is 24.0. The Balaban J connectivity index is 1.50. The summed E-state index contributed by atoms with van der Waals surface area (Å²) in [6.45, 7) is 4.89. The number of fused-ring (bicyclic) bond motifs is 2. The van der Waals surface area contributed by atoms with Crippen molar-refractivity contribution in [2.75, 3.05) is 6.54 Å². The fourth-order valence-electron chi connectivity index (χ4n) is 5.25. The normalized spacial score (nSPS) is 24.4. The largest absolute Gasteiger partial charge is 0.457 e. The van der Waals surface area contributed by atoms with Crippen LogP contribution in [0.25, 0.3) is 0 Å². The summed E-state index contributed by atoms with van der Waals surface area (Å²) < 4.78 is 12.8. The van der Waals surface area contributed by atoms with Gasteiger partial charge in [-0.3, -0.25) is 4.79 Å². The van der Waals surface area contributed by atoms with Crippen LogP contribution in [0.1, 0.15) is 77.2 Å². The molecule has 1 saturated carbocycles. The average molecular weight is 465 g/mol. The molecule has 2 aliphatic rings. The molecule has 34 heavy (non-hydrogen) atoms. The molecule has 1 aliphatic heterocycles. The van der Waals surface area contributed by atoms with Crippen LogP contribution in [0, 0.1) is 11.8 Å². The van der Waals surface area contributed by atoms with Gasteiger partial charge in [0.25, 0.3) is 0 Å². The van der Waals surface area contributed by atoms with Crippen molar-refractivity contribution in [3.8, 4) is 0 Å². The topological polar surface area (TPSA) is 47.6 Å². The smallest absolute Gasteiger partial charge is 0.408 e. The Morgan fingerprint density at radius 2 is 1.82 bits per heavy atom. The van der Waals surface area contributed by atoms with Crippen molar-refractivity contribution >= 4 is 13.0 Å². The number of hydrogen-bond acceptors (Lipinski definition) is 3. The quantitative estimate of drug-likeness (QED) is 0.182. The number of allylic oxidation sites excluding steroid dienone is 3. The molecule has 4 atom stereocenters. The van der Waals surface area contributed by atoms with Gasteiger partial charge in [-0.1, -0.05) is 74.4 Å². The molecular weight excluding hydrogens is 421 g/mol. The van der Waals surface area contributed by atoms with E-state index in [4.69, 9.17) is 9.31 Å². The number of benzene rings is 1. The summed E-state index contributed by atoms with van der Waals surface area (Å²) in [4.78, 5) is 11.6. The Morgan fingerprint density at radius 3 is 2.62 bits per heavy atom. The number of carbonyl (C=O) groups is 1. The lowest BCUT2D eigenvalue weighted by molar-refractivity contribution is -0.121. The predicted octanol–water partition coefficient (Wildman–Crippen LogP) is 6.53. The Labute approximate surface area is 207 Å². The van der Waals surface area contributed by atoms with Crippen LogP contribution in [0.5, 0.6) is 0 Å². The van der Waals surface area contributed by atoms with Crippen molar-refractivity contribution in [3.05, 3.63) is 60.2 Å². The first kappa shape index (κ1) is 26.8. The highest BCUT2D eigenvalue weighted by Crippen LogP contribution is 2.44. The SMILES string of the molecule is CCCCB1OC2C[C@H](O1)[C@H](C/C=C\CCCC(=O)NCC)[C@H]2/C=C/CCCc1ccccc1. The van der Waals surface area contributed by atoms with Gasteiger partial charge in [-0.25, -0.2) is 0 Å². The summed E-state index contributed by atoms with van der Waals surface area (Å²) in [6, 6.07) is 10.7. The minimum atomic E-state index is -0.0382. The second kappa shape index (κ2) is 15.2. The lowest BCUT2D eigenvalue weighted by atomic mass is 9.80. The van der Waals surface area contributed by atoms with Crippen LogP contribution in [-0.4, -0.2) is 31.8 Å². The number of nitrogens with one attached hydrogen (secondary N) is 1. The summed E-state index contributed by atoms with van der Waals surface area (Å²) in [7, 11) is -0.0382. The fourth-order valence-corrected chi connectivity index (χ4v) is 5.25. The zero-order valence-electron chi connectivity index (χ0n) is 21.3. The molecule has 2 fully saturated rings. The van der Waals surface area contributed by atoms with E-state index >= 15 is 0 Å². The van der Waals surface area contributed by atoms with E-state index in [9.17, 15) is 4.79 Å². The van der Waals surface area contributed by atoms with Crippen molar-refractivity contribution in [2.45, 2.75) is 96.6 Å². The third kappa shape index (κ3) is 8.74. The van der Waals surface area contributed by atoms with Crippen LogP contribution in [0.3, 0.4) is 0 Å². The van der Waals surface area contributed by atoms with E-state index in [1.807, 2.05) is 6.92 Å². The molecule has 1 aromatic carbocycles. The Bertz CT molecular complexity index is 766. The molecule has 1 amide bonds. The summed E-state index contributed by atoms with van der Waals surface area (Å²) >= 11 is 0. The van der Waals surface area contributed by atoms with Gasteiger partial charge in [0.05, 0.1) is 6.10 Å². The number of amides is 1. The third-order valence-corrected chi connectivity index (χ3v) is 7.07. The highest BCUT2D eigenvalue weighted by molar-refractivity contribution is 6.44. The summed E-state index contributed by atoms with van der Waals surface area (Å²) in [5.41, 5.74) is 1.42. The van der Waals surface area contributed by atoms with Gasteiger partial charge in [-0.15, -0.1) is 0 Å². The number of unbranched alkanes of at least 4 members (excludes halogenated alkanes) is 3. The maximum atomic E-state index is 11.6. The highest BCUT2D eigenvalue weighted by atomic mass is 16.6. The Hall–Kier alpha value is -1.85. The van der Waals surface area contributed by atoms with E-state index in [-0.39, 0.29) is 19.1 Å². The van der Waals surface area contributed by atoms with Gasteiger partial charge in [0.15, 0.2) is 0 Å². The van der Waals surface area contributed by atoms with Gasteiger partial charge in [0.2, 0.25) is 5.91 Å². The molecule has 186 valence electrons. The maximum absolute atomic E-state index is 11.6. The van der Waals surface area contributed by atoms with Crippen molar-refractivity contribution in [2.24, 2.45) is 11.8 Å². The Kier molecular flexibility index (Phi) is 12.0. The van der Waals surface area contributed by atoms with Gasteiger partial charge in [-0.05, 0) is 69.7 Å². The molecule has 1 unspecified atom stereocenters. The number of aryl methyl sites for hydroxylation is 1. The summed E-state index contributed by atoms with van der Waals surface area (Å²) in [6.07, 6.45) is 21.2. The number of rotatable bonds is 15. The van der Waals surface area contributed by atoms with Crippen LogP contribution in [0.15, 0.2) is 54.6 Å². The fraction of sp³-hybridized carbons (Fsp3) is 0.621. The number of hydrogen-bond donors (Lipinski definition) is 1. The molecule has 4 nitrogen and oxygen atoms in total. The first-order valence-electron chi connectivity index (χ1n) is 13.6. The highest BCUT2D eigenvalue weighted by Gasteiger charge is 2.49. The van der Waals surface area contributed by atoms with Crippen LogP contribution in [0.4, 0.5) is 0 Å². The van der Waals surface area contributed by atoms with Crippen LogP contribution < -0.4 is 5.32 Å². The molecule has 1 saturated heterocycles. The van der Waals surface area contributed by atoms with E-state index < -0.39 is 0 Å². The van der Waals surface area contributed by atoms with E-state index in [1.165, 1.54) is 18.4 Å². The minimum absolute atomic E-state index is 0.0382. The van der Waals surface area contributed by atoms with E-state index in [1.54, 1.807) is 0 Å². The van der Waals surface area contributed by atoms with Gasteiger partial charge in [0.1, 0.15) is 0 Å². The van der Waals surface area contributed by atoms with Gasteiger partial charge in [0, 0.05) is 25.0 Å². The predicted molar refractivity (Wildman–Crippen MR) is 142 cm³/mol. The first-order chi connectivity index (χ1) is 16.7. The third-order valence-electron chi connectivity index (χ3n) is 7.07. The minimum Gasteiger partial charge on any atom is -0.408 e. The van der Waals surface area contributed by atoms with E-state index in [2.05, 4.69) is 66.9 Å². The molecule has 3 rings (SSSR count). The van der Waals surface area contributed by atoms with Crippen LogP contribution in [-0.2, 0) is 20.5 Å².